The van der Waals surface area contributed by atoms with Gasteiger partial charge in [-0.25, -0.2) is 9.38 Å². The molecule has 8 heteroatoms. The van der Waals surface area contributed by atoms with Crippen LogP contribution in [0.15, 0.2) is 29.3 Å². The largest absolute Gasteiger partial charge is 0.368 e. The average Bonchev–Trinajstić information content (AvgIpc) is 2.58. The molecule has 0 saturated carbocycles. The van der Waals surface area contributed by atoms with Gasteiger partial charge in [0.25, 0.3) is 0 Å². The first-order valence-electron chi connectivity index (χ1n) is 9.13. The Morgan fingerprint density at radius 1 is 1.15 bits per heavy atom. The van der Waals surface area contributed by atoms with Gasteiger partial charge in [-0.15, -0.1) is 24.0 Å². The Hall–Kier alpha value is -1.58. The minimum Gasteiger partial charge on any atom is -0.368 e. The smallest absolute Gasteiger partial charge is 0.242 e. The molecule has 0 radical (unpaired) electrons. The van der Waals surface area contributed by atoms with E-state index in [0.717, 1.165) is 44.4 Å². The third-order valence-corrected chi connectivity index (χ3v) is 3.99. The average molecular weight is 491 g/mol. The number of aliphatic imine (C=N–C) groups is 1. The van der Waals surface area contributed by atoms with Crippen LogP contribution in [0.25, 0.3) is 0 Å². The molecule has 1 fully saturated rings. The van der Waals surface area contributed by atoms with E-state index in [0.29, 0.717) is 0 Å². The lowest BCUT2D eigenvalue weighted by Gasteiger charge is -2.37. The molecule has 1 aliphatic rings. The maximum absolute atomic E-state index is 13.1. The van der Waals surface area contributed by atoms with Gasteiger partial charge >= 0.3 is 0 Å². The molecule has 1 aromatic carbocycles. The number of halogens is 2. The van der Waals surface area contributed by atoms with Gasteiger partial charge in [0.1, 0.15) is 12.4 Å². The van der Waals surface area contributed by atoms with Crippen molar-refractivity contribution in [2.45, 2.75) is 33.2 Å². The fourth-order valence-electron chi connectivity index (χ4n) is 2.86. The summed E-state index contributed by atoms with van der Waals surface area (Å²) in [7, 11) is 0. The first-order valence-corrected chi connectivity index (χ1v) is 9.13. The maximum atomic E-state index is 13.1. The van der Waals surface area contributed by atoms with Crippen molar-refractivity contribution in [1.29, 1.82) is 0 Å². The third-order valence-electron chi connectivity index (χ3n) is 3.99. The van der Waals surface area contributed by atoms with Gasteiger partial charge in [-0.2, -0.15) is 0 Å². The van der Waals surface area contributed by atoms with Gasteiger partial charge in [0.2, 0.25) is 5.91 Å². The number of nitrogens with one attached hydrogen (secondary N) is 2. The lowest BCUT2D eigenvalue weighted by Crippen LogP contribution is -2.53. The van der Waals surface area contributed by atoms with Crippen molar-refractivity contribution >= 4 is 41.5 Å². The molecule has 0 unspecified atom stereocenters. The summed E-state index contributed by atoms with van der Waals surface area (Å²) in [4.78, 5) is 20.9. The van der Waals surface area contributed by atoms with E-state index in [2.05, 4.69) is 25.4 Å². The first kappa shape index (κ1) is 23.5. The molecule has 1 saturated heterocycles. The van der Waals surface area contributed by atoms with Crippen molar-refractivity contribution < 1.29 is 9.18 Å². The molecule has 0 spiro atoms. The van der Waals surface area contributed by atoms with Crippen molar-refractivity contribution in [3.63, 3.8) is 0 Å². The standard InChI is InChI=1S/C19H30FN5O.HI/c1-5-21-18(22-14-17(26)23-19(2,3)4)25-12-10-24(11-13-25)16-8-6-15(20)7-9-16;/h6-9H,5,10-14H2,1-4H3,(H,21,22)(H,23,26);1H. The number of amides is 1. The zero-order valence-electron chi connectivity index (χ0n) is 16.6. The van der Waals surface area contributed by atoms with Gasteiger partial charge in [0.05, 0.1) is 0 Å². The summed E-state index contributed by atoms with van der Waals surface area (Å²) < 4.78 is 13.1. The SMILES string of the molecule is CCNC(=NCC(=O)NC(C)(C)C)N1CCN(c2ccc(F)cc2)CC1.I. The lowest BCUT2D eigenvalue weighted by molar-refractivity contribution is -0.121. The Balaban J connectivity index is 0.00000364. The Bertz CT molecular complexity index is 622. The highest BCUT2D eigenvalue weighted by Gasteiger charge is 2.20. The summed E-state index contributed by atoms with van der Waals surface area (Å²) in [6.45, 7) is 12.0. The van der Waals surface area contributed by atoms with Crippen molar-refractivity contribution in [3.05, 3.63) is 30.1 Å². The summed E-state index contributed by atoms with van der Waals surface area (Å²) in [5, 5.41) is 6.18. The Kier molecular flexibility index (Phi) is 9.28. The molecule has 0 aromatic heterocycles. The van der Waals surface area contributed by atoms with Crippen LogP contribution in [0.3, 0.4) is 0 Å². The highest BCUT2D eigenvalue weighted by atomic mass is 127. The highest BCUT2D eigenvalue weighted by Crippen LogP contribution is 2.17. The maximum Gasteiger partial charge on any atom is 0.242 e. The number of anilines is 1. The number of carbonyl (C=O) groups excluding carboxylic acids is 1. The van der Waals surface area contributed by atoms with Crippen LogP contribution >= 0.6 is 24.0 Å². The molecular weight excluding hydrogens is 460 g/mol. The normalized spacial score (nSPS) is 15.2. The molecule has 2 rings (SSSR count). The highest BCUT2D eigenvalue weighted by molar-refractivity contribution is 14.0. The number of hydrogen-bond acceptors (Lipinski definition) is 3. The zero-order chi connectivity index (χ0) is 19.2. The van der Waals surface area contributed by atoms with Crippen molar-refractivity contribution in [2.75, 3.05) is 44.2 Å². The number of guanidine groups is 1. The van der Waals surface area contributed by atoms with Gasteiger partial charge in [-0.1, -0.05) is 0 Å². The molecule has 2 N–H and O–H groups in total. The van der Waals surface area contributed by atoms with Crippen LogP contribution in [-0.2, 0) is 4.79 Å². The molecule has 152 valence electrons. The molecule has 0 aliphatic carbocycles. The van der Waals surface area contributed by atoms with E-state index in [-0.39, 0.29) is 47.8 Å². The van der Waals surface area contributed by atoms with Gasteiger partial charge in [0.15, 0.2) is 5.96 Å². The first-order chi connectivity index (χ1) is 12.3. The Morgan fingerprint density at radius 2 is 1.74 bits per heavy atom. The molecule has 1 heterocycles. The van der Waals surface area contributed by atoms with Gasteiger partial charge < -0.3 is 20.4 Å². The number of nitrogens with zero attached hydrogens (tertiary/aromatic N) is 3. The van der Waals surface area contributed by atoms with E-state index in [1.54, 1.807) is 12.1 Å². The molecule has 27 heavy (non-hydrogen) atoms. The molecule has 6 nitrogen and oxygen atoms in total. The number of carbonyl (C=O) groups is 1. The van der Waals surface area contributed by atoms with Crippen molar-refractivity contribution in [2.24, 2.45) is 4.99 Å². The van der Waals surface area contributed by atoms with E-state index in [1.165, 1.54) is 12.1 Å². The predicted molar refractivity (Wildman–Crippen MR) is 119 cm³/mol. The predicted octanol–water partition coefficient (Wildman–Crippen LogP) is 2.45. The quantitative estimate of drug-likeness (QED) is 0.386. The fraction of sp³-hybridized carbons (Fsp3) is 0.579. The molecule has 1 aromatic rings. The molecule has 0 atom stereocenters. The van der Waals surface area contributed by atoms with Crippen LogP contribution in [0.4, 0.5) is 10.1 Å². The molecular formula is C19H31FIN5O. The van der Waals surface area contributed by atoms with Crippen molar-refractivity contribution in [3.8, 4) is 0 Å². The Labute approximate surface area is 178 Å². The van der Waals surface area contributed by atoms with E-state index in [9.17, 15) is 9.18 Å². The van der Waals surface area contributed by atoms with E-state index in [1.807, 2.05) is 27.7 Å². The Morgan fingerprint density at radius 3 is 2.26 bits per heavy atom. The minimum absolute atomic E-state index is 0. The van der Waals surface area contributed by atoms with Gasteiger partial charge in [-0.05, 0) is 52.0 Å². The van der Waals surface area contributed by atoms with Crippen LogP contribution in [-0.4, -0.2) is 61.6 Å². The number of rotatable bonds is 4. The second-order valence-corrected chi connectivity index (χ2v) is 7.42. The third kappa shape index (κ3) is 7.90. The summed E-state index contributed by atoms with van der Waals surface area (Å²) in [5.41, 5.74) is 0.767. The van der Waals surface area contributed by atoms with E-state index >= 15 is 0 Å². The topological polar surface area (TPSA) is 60.0 Å². The minimum atomic E-state index is -0.258. The van der Waals surface area contributed by atoms with Crippen molar-refractivity contribution in [1.82, 2.24) is 15.5 Å². The van der Waals surface area contributed by atoms with Crippen LogP contribution in [0, 0.1) is 5.82 Å². The lowest BCUT2D eigenvalue weighted by atomic mass is 10.1. The summed E-state index contributed by atoms with van der Waals surface area (Å²) >= 11 is 0. The van der Waals surface area contributed by atoms with Gasteiger partial charge in [-0.3, -0.25) is 4.79 Å². The van der Waals surface area contributed by atoms with Crippen LogP contribution < -0.4 is 15.5 Å². The molecule has 1 aliphatic heterocycles. The van der Waals surface area contributed by atoms with Crippen LogP contribution in [0.2, 0.25) is 0 Å². The second kappa shape index (κ2) is 10.7. The van der Waals surface area contributed by atoms with Crippen LogP contribution in [0.5, 0.6) is 0 Å². The van der Waals surface area contributed by atoms with E-state index in [4.69, 9.17) is 0 Å². The van der Waals surface area contributed by atoms with Crippen LogP contribution in [0.1, 0.15) is 27.7 Å². The molecule has 1 amide bonds. The number of hydrogen-bond donors (Lipinski definition) is 2. The monoisotopic (exact) mass is 491 g/mol. The fourth-order valence-corrected chi connectivity index (χ4v) is 2.86. The second-order valence-electron chi connectivity index (χ2n) is 7.42. The summed E-state index contributed by atoms with van der Waals surface area (Å²) in [5.74, 6) is 0.454. The zero-order valence-corrected chi connectivity index (χ0v) is 18.9. The van der Waals surface area contributed by atoms with E-state index < -0.39 is 0 Å². The summed E-state index contributed by atoms with van der Waals surface area (Å²) in [6.07, 6.45) is 0. The van der Waals surface area contributed by atoms with Gasteiger partial charge in [0, 0.05) is 44.0 Å². The molecule has 0 bridgehead atoms. The number of piperazine rings is 1. The number of benzene rings is 1. The summed E-state index contributed by atoms with van der Waals surface area (Å²) in [6, 6.07) is 6.59.